The van der Waals surface area contributed by atoms with E-state index in [0.717, 1.165) is 12.6 Å². The molecule has 0 spiro atoms. The first-order chi connectivity index (χ1) is 8.99. The number of aliphatic hydroxyl groups is 1. The Morgan fingerprint density at radius 2 is 2.37 bits per heavy atom. The first-order valence-electron chi connectivity index (χ1n) is 6.07. The van der Waals surface area contributed by atoms with Gasteiger partial charge in [0, 0.05) is 19.2 Å². The van der Waals surface area contributed by atoms with Crippen molar-refractivity contribution >= 4 is 11.6 Å². The minimum Gasteiger partial charge on any atom is -0.391 e. The Hall–Kier alpha value is -2.02. The molecule has 7 nitrogen and oxygen atoms in total. The monoisotopic (exact) mass is 265 g/mol. The van der Waals surface area contributed by atoms with Gasteiger partial charge in [-0.25, -0.2) is 0 Å². The van der Waals surface area contributed by atoms with Crippen molar-refractivity contribution in [3.05, 3.63) is 33.6 Å². The second-order valence-electron chi connectivity index (χ2n) is 4.63. The molecular formula is C12H15N3O4. The number of β-amino-alcohol motifs (C(OH)–C–C–N with tert-alkyl or cyclic N) is 1. The molecule has 1 aromatic heterocycles. The maximum atomic E-state index is 12.3. The second-order valence-corrected chi connectivity index (χ2v) is 4.63. The number of nitrogens with zero attached hydrogens (tertiary/aromatic N) is 3. The molecule has 7 heteroatoms. The van der Waals surface area contributed by atoms with Crippen molar-refractivity contribution < 1.29 is 14.8 Å². The van der Waals surface area contributed by atoms with E-state index in [0.29, 0.717) is 18.7 Å². The van der Waals surface area contributed by atoms with Crippen LogP contribution in [-0.2, 0) is 0 Å². The summed E-state index contributed by atoms with van der Waals surface area (Å²) in [6.45, 7) is 2.45. The highest BCUT2D eigenvalue weighted by molar-refractivity contribution is 5.95. The summed E-state index contributed by atoms with van der Waals surface area (Å²) < 4.78 is 0. The number of aromatic nitrogens is 1. The van der Waals surface area contributed by atoms with Gasteiger partial charge in [0.05, 0.1) is 22.3 Å². The number of likely N-dealkylation sites (tertiary alicyclic amines) is 1. The van der Waals surface area contributed by atoms with Crippen molar-refractivity contribution in [1.29, 1.82) is 0 Å². The molecule has 1 amide bonds. The van der Waals surface area contributed by atoms with Crippen LogP contribution >= 0.6 is 0 Å². The number of pyridine rings is 1. The summed E-state index contributed by atoms with van der Waals surface area (Å²) in [5, 5.41) is 20.3. The molecule has 0 saturated carbocycles. The average molecular weight is 265 g/mol. The lowest BCUT2D eigenvalue weighted by atomic mass is 10.1. The van der Waals surface area contributed by atoms with Crippen LogP contribution in [0.3, 0.4) is 0 Å². The van der Waals surface area contributed by atoms with Gasteiger partial charge in [-0.3, -0.25) is 19.9 Å². The molecule has 0 aromatic carbocycles. The predicted octanol–water partition coefficient (Wildman–Crippen LogP) is 0.895. The van der Waals surface area contributed by atoms with E-state index in [1.165, 1.54) is 11.0 Å². The van der Waals surface area contributed by atoms with E-state index in [1.807, 2.05) is 0 Å². The first kappa shape index (κ1) is 13.4. The van der Waals surface area contributed by atoms with Crippen molar-refractivity contribution in [2.45, 2.75) is 25.9 Å². The molecule has 0 bridgehead atoms. The third-order valence-electron chi connectivity index (χ3n) is 3.20. The highest BCUT2D eigenvalue weighted by Gasteiger charge is 2.25. The zero-order chi connectivity index (χ0) is 14.0. The van der Waals surface area contributed by atoms with Crippen LogP contribution in [0.25, 0.3) is 0 Å². The standard InChI is InChI=1S/C12H15N3O4/c1-8-11(5-9(6-13-8)15(18)19)12(17)14-4-2-3-10(16)7-14/h5-6,10,16H,2-4,7H2,1H3. The topological polar surface area (TPSA) is 96.6 Å². The molecule has 1 saturated heterocycles. The molecule has 1 unspecified atom stereocenters. The smallest absolute Gasteiger partial charge is 0.288 e. The third-order valence-corrected chi connectivity index (χ3v) is 3.20. The molecule has 0 radical (unpaired) electrons. The first-order valence-corrected chi connectivity index (χ1v) is 6.07. The van der Waals surface area contributed by atoms with E-state index in [-0.39, 0.29) is 23.7 Å². The molecule has 1 aliphatic rings. The minimum atomic E-state index is -0.575. The van der Waals surface area contributed by atoms with Gasteiger partial charge < -0.3 is 10.0 Å². The van der Waals surface area contributed by atoms with Gasteiger partial charge in [-0.1, -0.05) is 0 Å². The highest BCUT2D eigenvalue weighted by atomic mass is 16.6. The van der Waals surface area contributed by atoms with Crippen LogP contribution in [0.15, 0.2) is 12.3 Å². The normalized spacial score (nSPS) is 19.3. The molecule has 102 valence electrons. The van der Waals surface area contributed by atoms with E-state index in [2.05, 4.69) is 4.98 Å². The fraction of sp³-hybridized carbons (Fsp3) is 0.500. The van der Waals surface area contributed by atoms with E-state index in [9.17, 15) is 20.0 Å². The van der Waals surface area contributed by atoms with Crippen LogP contribution in [0.5, 0.6) is 0 Å². The van der Waals surface area contributed by atoms with E-state index < -0.39 is 11.0 Å². The lowest BCUT2D eigenvalue weighted by Gasteiger charge is -2.30. The summed E-state index contributed by atoms with van der Waals surface area (Å²) in [6.07, 6.45) is 2.02. The SMILES string of the molecule is Cc1ncc([N+](=O)[O-])cc1C(=O)N1CCCC(O)C1. The Kier molecular flexibility index (Phi) is 3.75. The molecule has 2 rings (SSSR count). The number of amides is 1. The summed E-state index contributed by atoms with van der Waals surface area (Å²) in [7, 11) is 0. The Balaban J connectivity index is 2.27. The largest absolute Gasteiger partial charge is 0.391 e. The van der Waals surface area contributed by atoms with Gasteiger partial charge in [-0.05, 0) is 19.8 Å². The van der Waals surface area contributed by atoms with E-state index in [4.69, 9.17) is 0 Å². The Morgan fingerprint density at radius 1 is 1.63 bits per heavy atom. The van der Waals surface area contributed by atoms with Gasteiger partial charge >= 0.3 is 0 Å². The van der Waals surface area contributed by atoms with Crippen molar-refractivity contribution in [1.82, 2.24) is 9.88 Å². The average Bonchev–Trinajstić information content (AvgIpc) is 2.38. The quantitative estimate of drug-likeness (QED) is 0.633. The summed E-state index contributed by atoms with van der Waals surface area (Å²) in [6, 6.07) is 1.24. The summed E-state index contributed by atoms with van der Waals surface area (Å²) in [5.74, 6) is -0.313. The van der Waals surface area contributed by atoms with Gasteiger partial charge in [0.1, 0.15) is 6.20 Å². The van der Waals surface area contributed by atoms with Gasteiger partial charge in [0.2, 0.25) is 0 Å². The molecule has 19 heavy (non-hydrogen) atoms. The summed E-state index contributed by atoms with van der Waals surface area (Å²) >= 11 is 0. The third kappa shape index (κ3) is 2.87. The molecule has 1 atom stereocenters. The van der Waals surface area contributed by atoms with E-state index >= 15 is 0 Å². The molecule has 2 heterocycles. The fourth-order valence-corrected chi connectivity index (χ4v) is 2.15. The van der Waals surface area contributed by atoms with Crippen LogP contribution in [0.4, 0.5) is 5.69 Å². The maximum absolute atomic E-state index is 12.3. The Bertz CT molecular complexity index is 518. The number of carbonyl (C=O) groups excluding carboxylic acids is 1. The van der Waals surface area contributed by atoms with Gasteiger partial charge in [-0.2, -0.15) is 0 Å². The summed E-state index contributed by atoms with van der Waals surface area (Å²) in [5.41, 5.74) is 0.477. The lowest BCUT2D eigenvalue weighted by molar-refractivity contribution is -0.385. The molecule has 0 aliphatic carbocycles. The summed E-state index contributed by atoms with van der Waals surface area (Å²) in [4.78, 5) is 27.8. The van der Waals surface area contributed by atoms with Gasteiger partial charge in [-0.15, -0.1) is 0 Å². The van der Waals surface area contributed by atoms with Gasteiger partial charge in [0.25, 0.3) is 11.6 Å². The zero-order valence-electron chi connectivity index (χ0n) is 10.6. The van der Waals surface area contributed by atoms with Crippen LogP contribution in [0.2, 0.25) is 0 Å². The van der Waals surface area contributed by atoms with Gasteiger partial charge in [0.15, 0.2) is 0 Å². The highest BCUT2D eigenvalue weighted by Crippen LogP contribution is 2.19. The maximum Gasteiger partial charge on any atom is 0.288 e. The number of carbonyl (C=O) groups is 1. The fourth-order valence-electron chi connectivity index (χ4n) is 2.15. The van der Waals surface area contributed by atoms with Crippen LogP contribution < -0.4 is 0 Å². The van der Waals surface area contributed by atoms with Crippen molar-refractivity contribution in [2.24, 2.45) is 0 Å². The number of rotatable bonds is 2. The number of aliphatic hydroxyl groups excluding tert-OH is 1. The lowest BCUT2D eigenvalue weighted by Crippen LogP contribution is -2.42. The molecule has 1 aliphatic heterocycles. The number of nitro groups is 1. The molecular weight excluding hydrogens is 250 g/mol. The van der Waals surface area contributed by atoms with Crippen molar-refractivity contribution in [2.75, 3.05) is 13.1 Å². The number of aryl methyl sites for hydroxylation is 1. The predicted molar refractivity (Wildman–Crippen MR) is 66.8 cm³/mol. The molecule has 1 fully saturated rings. The van der Waals surface area contributed by atoms with Crippen LogP contribution in [-0.4, -0.2) is 45.0 Å². The number of piperidine rings is 1. The number of hydrogen-bond donors (Lipinski definition) is 1. The molecule has 1 N–H and O–H groups in total. The Morgan fingerprint density at radius 3 is 3.00 bits per heavy atom. The van der Waals surface area contributed by atoms with Crippen molar-refractivity contribution in [3.63, 3.8) is 0 Å². The molecule has 1 aromatic rings. The second kappa shape index (κ2) is 5.31. The van der Waals surface area contributed by atoms with E-state index in [1.54, 1.807) is 6.92 Å². The number of hydrogen-bond acceptors (Lipinski definition) is 5. The van der Waals surface area contributed by atoms with Crippen molar-refractivity contribution in [3.8, 4) is 0 Å². The van der Waals surface area contributed by atoms with Crippen LogP contribution in [0.1, 0.15) is 28.9 Å². The Labute approximate surface area is 110 Å². The minimum absolute atomic E-state index is 0.202. The zero-order valence-corrected chi connectivity index (χ0v) is 10.6. The van der Waals surface area contributed by atoms with Crippen LogP contribution in [0, 0.1) is 17.0 Å².